The Morgan fingerprint density at radius 2 is 1.87 bits per heavy atom. The number of benzene rings is 1. The molecule has 2 N–H and O–H groups in total. The van der Waals surface area contributed by atoms with Crippen molar-refractivity contribution in [1.82, 2.24) is 5.32 Å². The molecule has 0 fully saturated rings. The van der Waals surface area contributed by atoms with Crippen LogP contribution in [0.25, 0.3) is 0 Å². The first-order valence-corrected chi connectivity index (χ1v) is 7.67. The highest BCUT2D eigenvalue weighted by molar-refractivity contribution is 9.10. The molecule has 7 heteroatoms. The summed E-state index contributed by atoms with van der Waals surface area (Å²) in [7, 11) is 3.00. The van der Waals surface area contributed by atoms with Gasteiger partial charge in [-0.15, -0.1) is 0 Å². The number of hydrogen-bond acceptors (Lipinski definition) is 4. The van der Waals surface area contributed by atoms with Crippen LogP contribution in [0.4, 0.5) is 10.5 Å². The number of anilines is 1. The smallest absolute Gasteiger partial charge is 0.326 e. The molecule has 3 amide bonds. The summed E-state index contributed by atoms with van der Waals surface area (Å²) < 4.78 is 10.7. The molecule has 0 radical (unpaired) electrons. The van der Waals surface area contributed by atoms with Crippen LogP contribution in [0, 0.1) is 0 Å². The molecular weight excluding hydrogens is 364 g/mol. The standard InChI is InChI=1S/C16H21BrN2O4/c1-16(2,3)11-8-10(9-12(17)14(11)23-5)18-15(21)19-13(20)6-7-22-4/h6-9H,1-5H3,(H2,18,19,20,21)/b7-6+. The van der Waals surface area contributed by atoms with Gasteiger partial charge in [0.2, 0.25) is 0 Å². The Bertz CT molecular complexity index is 621. The summed E-state index contributed by atoms with van der Waals surface area (Å²) in [6.45, 7) is 6.13. The van der Waals surface area contributed by atoms with Gasteiger partial charge in [-0.25, -0.2) is 4.79 Å². The third kappa shape index (κ3) is 5.59. The summed E-state index contributed by atoms with van der Waals surface area (Å²) >= 11 is 3.43. The van der Waals surface area contributed by atoms with Crippen LogP contribution in [0.5, 0.6) is 5.75 Å². The minimum absolute atomic E-state index is 0.181. The number of methoxy groups -OCH3 is 2. The molecule has 0 bridgehead atoms. The average molecular weight is 385 g/mol. The van der Waals surface area contributed by atoms with Crippen molar-refractivity contribution >= 4 is 33.6 Å². The molecule has 0 aliphatic rings. The van der Waals surface area contributed by atoms with Crippen LogP contribution < -0.4 is 15.4 Å². The molecule has 6 nitrogen and oxygen atoms in total. The maximum absolute atomic E-state index is 11.8. The van der Waals surface area contributed by atoms with Crippen molar-refractivity contribution in [2.45, 2.75) is 26.2 Å². The minimum atomic E-state index is -0.632. The number of halogens is 1. The molecule has 126 valence electrons. The van der Waals surface area contributed by atoms with Crippen LogP contribution in [-0.2, 0) is 14.9 Å². The van der Waals surface area contributed by atoms with Gasteiger partial charge in [0.25, 0.3) is 5.91 Å². The highest BCUT2D eigenvalue weighted by atomic mass is 79.9. The summed E-state index contributed by atoms with van der Waals surface area (Å²) in [5.41, 5.74) is 1.29. The van der Waals surface area contributed by atoms with Gasteiger partial charge >= 0.3 is 6.03 Å². The van der Waals surface area contributed by atoms with Crippen LogP contribution in [0.2, 0.25) is 0 Å². The molecule has 0 aliphatic carbocycles. The van der Waals surface area contributed by atoms with Crippen molar-refractivity contribution in [2.24, 2.45) is 0 Å². The lowest BCUT2D eigenvalue weighted by atomic mass is 9.86. The van der Waals surface area contributed by atoms with Crippen molar-refractivity contribution in [3.05, 3.63) is 34.5 Å². The summed E-state index contributed by atoms with van der Waals surface area (Å²) in [6, 6.07) is 2.90. The van der Waals surface area contributed by atoms with Crippen molar-refractivity contribution in [3.63, 3.8) is 0 Å². The van der Waals surface area contributed by atoms with Gasteiger partial charge in [0.15, 0.2) is 0 Å². The molecule has 0 spiro atoms. The number of ether oxygens (including phenoxy) is 2. The van der Waals surface area contributed by atoms with Crippen molar-refractivity contribution in [1.29, 1.82) is 0 Å². The fraction of sp³-hybridized carbons (Fsp3) is 0.375. The number of amides is 3. The second kappa shape index (κ2) is 8.01. The maximum Gasteiger partial charge on any atom is 0.326 e. The molecule has 23 heavy (non-hydrogen) atoms. The Morgan fingerprint density at radius 1 is 1.22 bits per heavy atom. The highest BCUT2D eigenvalue weighted by Crippen LogP contribution is 2.39. The first kappa shape index (κ1) is 19.0. The van der Waals surface area contributed by atoms with E-state index >= 15 is 0 Å². The summed E-state index contributed by atoms with van der Waals surface area (Å²) in [6.07, 6.45) is 2.30. The molecule has 1 aromatic carbocycles. The van der Waals surface area contributed by atoms with E-state index in [2.05, 4.69) is 31.3 Å². The Balaban J connectivity index is 2.97. The summed E-state index contributed by atoms with van der Waals surface area (Å²) in [4.78, 5) is 23.3. The average Bonchev–Trinajstić information content (AvgIpc) is 2.43. The summed E-state index contributed by atoms with van der Waals surface area (Å²) in [5, 5.41) is 4.79. The number of carbonyl (C=O) groups excluding carboxylic acids is 2. The number of urea groups is 1. The van der Waals surface area contributed by atoms with E-state index in [1.807, 2.05) is 26.8 Å². The van der Waals surface area contributed by atoms with Crippen LogP contribution in [0.3, 0.4) is 0 Å². The van der Waals surface area contributed by atoms with Gasteiger partial charge in [-0.3, -0.25) is 10.1 Å². The molecule has 0 aromatic heterocycles. The zero-order valence-corrected chi connectivity index (χ0v) is 15.4. The lowest BCUT2D eigenvalue weighted by molar-refractivity contribution is -0.115. The van der Waals surface area contributed by atoms with Gasteiger partial charge < -0.3 is 14.8 Å². The second-order valence-electron chi connectivity index (χ2n) is 5.77. The third-order valence-electron chi connectivity index (χ3n) is 2.91. The largest absolute Gasteiger partial charge is 0.504 e. The molecular formula is C16H21BrN2O4. The minimum Gasteiger partial charge on any atom is -0.504 e. The van der Waals surface area contributed by atoms with Gasteiger partial charge in [-0.05, 0) is 33.5 Å². The van der Waals surface area contributed by atoms with E-state index in [0.717, 1.165) is 11.6 Å². The predicted octanol–water partition coefficient (Wildman–Crippen LogP) is 3.56. The van der Waals surface area contributed by atoms with Crippen LogP contribution in [0.15, 0.2) is 28.9 Å². The van der Waals surface area contributed by atoms with E-state index in [9.17, 15) is 9.59 Å². The quantitative estimate of drug-likeness (QED) is 0.614. The van der Waals surface area contributed by atoms with E-state index in [1.165, 1.54) is 13.4 Å². The predicted molar refractivity (Wildman–Crippen MR) is 92.7 cm³/mol. The second-order valence-corrected chi connectivity index (χ2v) is 6.63. The topological polar surface area (TPSA) is 76.7 Å². The van der Waals surface area contributed by atoms with Crippen molar-refractivity contribution in [3.8, 4) is 5.75 Å². The number of rotatable bonds is 4. The van der Waals surface area contributed by atoms with Gasteiger partial charge in [-0.2, -0.15) is 0 Å². The number of hydrogen-bond donors (Lipinski definition) is 2. The molecule has 1 aromatic rings. The van der Waals surface area contributed by atoms with E-state index in [-0.39, 0.29) is 5.41 Å². The summed E-state index contributed by atoms with van der Waals surface area (Å²) in [5.74, 6) is 0.135. The Labute approximate surface area is 144 Å². The molecule has 0 saturated heterocycles. The van der Waals surface area contributed by atoms with Crippen LogP contribution in [0.1, 0.15) is 26.3 Å². The van der Waals surface area contributed by atoms with Gasteiger partial charge in [-0.1, -0.05) is 20.8 Å². The third-order valence-corrected chi connectivity index (χ3v) is 3.49. The molecule has 0 atom stereocenters. The van der Waals surface area contributed by atoms with E-state index < -0.39 is 11.9 Å². The number of nitrogens with one attached hydrogen (secondary N) is 2. The van der Waals surface area contributed by atoms with Crippen LogP contribution >= 0.6 is 15.9 Å². The zero-order chi connectivity index (χ0) is 17.6. The fourth-order valence-electron chi connectivity index (χ4n) is 1.88. The van der Waals surface area contributed by atoms with Crippen molar-refractivity contribution in [2.75, 3.05) is 19.5 Å². The number of carbonyl (C=O) groups is 2. The van der Waals surface area contributed by atoms with Crippen LogP contribution in [-0.4, -0.2) is 26.2 Å². The SMILES string of the molecule is CO/C=C/C(=O)NC(=O)Nc1cc(Br)c(OC)c(C(C)(C)C)c1. The molecule has 0 aliphatic heterocycles. The highest BCUT2D eigenvalue weighted by Gasteiger charge is 2.22. The Hall–Kier alpha value is -2.02. The molecule has 0 saturated carbocycles. The Kier molecular flexibility index (Phi) is 6.62. The van der Waals surface area contributed by atoms with Gasteiger partial charge in [0, 0.05) is 17.3 Å². The van der Waals surface area contributed by atoms with Crippen molar-refractivity contribution < 1.29 is 19.1 Å². The van der Waals surface area contributed by atoms with E-state index in [1.54, 1.807) is 13.2 Å². The lowest BCUT2D eigenvalue weighted by Gasteiger charge is -2.24. The van der Waals surface area contributed by atoms with Gasteiger partial charge in [0.05, 0.1) is 25.0 Å². The molecule has 1 rings (SSSR count). The Morgan fingerprint density at radius 3 is 2.39 bits per heavy atom. The maximum atomic E-state index is 11.8. The normalized spacial score (nSPS) is 11.2. The number of imide groups is 1. The first-order chi connectivity index (χ1) is 10.7. The fourth-order valence-corrected chi connectivity index (χ4v) is 2.50. The first-order valence-electron chi connectivity index (χ1n) is 6.88. The van der Waals surface area contributed by atoms with E-state index in [0.29, 0.717) is 15.9 Å². The molecule has 0 unspecified atom stereocenters. The zero-order valence-electron chi connectivity index (χ0n) is 13.8. The van der Waals surface area contributed by atoms with E-state index in [4.69, 9.17) is 4.74 Å². The monoisotopic (exact) mass is 384 g/mol. The molecule has 0 heterocycles. The van der Waals surface area contributed by atoms with Gasteiger partial charge in [0.1, 0.15) is 5.75 Å². The lowest BCUT2D eigenvalue weighted by Crippen LogP contribution is -2.33.